The van der Waals surface area contributed by atoms with Crippen LogP contribution < -0.4 is 10.5 Å². The molecule has 0 aliphatic rings. The van der Waals surface area contributed by atoms with Gasteiger partial charge in [0.2, 0.25) is 10.0 Å². The summed E-state index contributed by atoms with van der Waals surface area (Å²) in [6, 6.07) is 0.627. The monoisotopic (exact) mass is 289 g/mol. The standard InChI is InChI=1S/C11H19N3O4S/c1-7(2)9(6-15)13-19(17,18)8-4-10(11(12)16)14(3)5-8/h4-5,7,9,13,15H,6H2,1-3H3,(H2,12,16)/t9-/m1/s1. The van der Waals surface area contributed by atoms with Gasteiger partial charge in [-0.3, -0.25) is 4.79 Å². The quantitative estimate of drug-likeness (QED) is 0.650. The molecule has 0 bridgehead atoms. The normalized spacial score (nSPS) is 13.7. The van der Waals surface area contributed by atoms with Gasteiger partial charge in [0.15, 0.2) is 0 Å². The second kappa shape index (κ2) is 5.72. The lowest BCUT2D eigenvalue weighted by Gasteiger charge is -2.19. The van der Waals surface area contributed by atoms with E-state index >= 15 is 0 Å². The molecule has 0 aromatic carbocycles. The van der Waals surface area contributed by atoms with Gasteiger partial charge in [-0.05, 0) is 12.0 Å². The molecule has 1 aromatic heterocycles. The van der Waals surface area contributed by atoms with E-state index in [-0.39, 0.29) is 23.1 Å². The van der Waals surface area contributed by atoms with E-state index in [1.807, 2.05) is 0 Å². The molecular weight excluding hydrogens is 270 g/mol. The first-order valence-electron chi connectivity index (χ1n) is 5.78. The van der Waals surface area contributed by atoms with Crippen molar-refractivity contribution in [2.45, 2.75) is 24.8 Å². The minimum atomic E-state index is -3.79. The van der Waals surface area contributed by atoms with Gasteiger partial charge in [0.1, 0.15) is 10.6 Å². The molecule has 0 aliphatic heterocycles. The van der Waals surface area contributed by atoms with Crippen LogP contribution in [0.4, 0.5) is 0 Å². The molecule has 0 aliphatic carbocycles. The molecule has 1 rings (SSSR count). The molecule has 1 atom stereocenters. The van der Waals surface area contributed by atoms with E-state index in [9.17, 15) is 13.2 Å². The van der Waals surface area contributed by atoms with Crippen LogP contribution in [0.5, 0.6) is 0 Å². The predicted molar refractivity (Wildman–Crippen MR) is 70.0 cm³/mol. The van der Waals surface area contributed by atoms with Gasteiger partial charge in [-0.25, -0.2) is 13.1 Å². The molecule has 8 heteroatoms. The minimum absolute atomic E-state index is 0.0529. The number of aryl methyl sites for hydroxylation is 1. The van der Waals surface area contributed by atoms with Crippen LogP contribution in [-0.4, -0.2) is 36.6 Å². The van der Waals surface area contributed by atoms with Crippen molar-refractivity contribution >= 4 is 15.9 Å². The molecule has 1 heterocycles. The summed E-state index contributed by atoms with van der Waals surface area (Å²) in [6.07, 6.45) is 1.30. The van der Waals surface area contributed by atoms with Gasteiger partial charge in [-0.1, -0.05) is 13.8 Å². The fourth-order valence-corrected chi connectivity index (χ4v) is 3.02. The second-order valence-electron chi connectivity index (χ2n) is 4.69. The first kappa shape index (κ1) is 15.7. The number of nitrogens with zero attached hydrogens (tertiary/aromatic N) is 1. The Kier molecular flexibility index (Phi) is 4.72. The van der Waals surface area contributed by atoms with E-state index in [0.717, 1.165) is 0 Å². The molecule has 0 spiro atoms. The fraction of sp³-hybridized carbons (Fsp3) is 0.545. The molecule has 1 amide bonds. The van der Waals surface area contributed by atoms with Crippen LogP contribution in [0.2, 0.25) is 0 Å². The topological polar surface area (TPSA) is 114 Å². The number of carbonyl (C=O) groups excluding carboxylic acids is 1. The van der Waals surface area contributed by atoms with Gasteiger partial charge in [-0.15, -0.1) is 0 Å². The molecule has 0 saturated heterocycles. The van der Waals surface area contributed by atoms with Crippen LogP contribution in [0.25, 0.3) is 0 Å². The van der Waals surface area contributed by atoms with Crippen LogP contribution in [0.15, 0.2) is 17.2 Å². The summed E-state index contributed by atoms with van der Waals surface area (Å²) in [7, 11) is -2.26. The first-order valence-corrected chi connectivity index (χ1v) is 7.26. The van der Waals surface area contributed by atoms with Crippen LogP contribution in [0.1, 0.15) is 24.3 Å². The largest absolute Gasteiger partial charge is 0.395 e. The third-order valence-electron chi connectivity index (χ3n) is 2.85. The molecule has 1 aromatic rings. The van der Waals surface area contributed by atoms with Gasteiger partial charge in [0, 0.05) is 19.3 Å². The molecule has 19 heavy (non-hydrogen) atoms. The summed E-state index contributed by atoms with van der Waals surface area (Å²) in [5, 5.41) is 9.15. The Morgan fingerprint density at radius 1 is 1.53 bits per heavy atom. The Bertz CT molecular complexity index is 562. The predicted octanol–water partition coefficient (Wildman–Crippen LogP) is -0.581. The number of aliphatic hydroxyl groups is 1. The Hall–Kier alpha value is -1.38. The third kappa shape index (κ3) is 3.55. The van der Waals surface area contributed by atoms with Crippen molar-refractivity contribution in [3.05, 3.63) is 18.0 Å². The summed E-state index contributed by atoms with van der Waals surface area (Å²) in [6.45, 7) is 3.29. The molecule has 108 valence electrons. The highest BCUT2D eigenvalue weighted by molar-refractivity contribution is 7.89. The van der Waals surface area contributed by atoms with Crippen molar-refractivity contribution < 1.29 is 18.3 Å². The fourth-order valence-electron chi connectivity index (χ4n) is 1.58. The van der Waals surface area contributed by atoms with Crippen molar-refractivity contribution in [1.82, 2.24) is 9.29 Å². The van der Waals surface area contributed by atoms with E-state index in [2.05, 4.69) is 4.72 Å². The maximum atomic E-state index is 12.1. The lowest BCUT2D eigenvalue weighted by atomic mass is 10.1. The van der Waals surface area contributed by atoms with Crippen molar-refractivity contribution in [2.75, 3.05) is 6.61 Å². The highest BCUT2D eigenvalue weighted by atomic mass is 32.2. The average Bonchev–Trinajstić information content (AvgIpc) is 2.68. The van der Waals surface area contributed by atoms with E-state index in [4.69, 9.17) is 10.8 Å². The second-order valence-corrected chi connectivity index (χ2v) is 6.40. The van der Waals surface area contributed by atoms with Gasteiger partial charge in [-0.2, -0.15) is 0 Å². The van der Waals surface area contributed by atoms with Gasteiger partial charge < -0.3 is 15.4 Å². The smallest absolute Gasteiger partial charge is 0.265 e. The van der Waals surface area contributed by atoms with E-state index in [1.54, 1.807) is 13.8 Å². The zero-order valence-corrected chi connectivity index (χ0v) is 11.9. The summed E-state index contributed by atoms with van der Waals surface area (Å²) < 4.78 is 28.0. The molecule has 4 N–H and O–H groups in total. The zero-order valence-electron chi connectivity index (χ0n) is 11.1. The van der Waals surface area contributed by atoms with Gasteiger partial charge in [0.05, 0.1) is 6.61 Å². The molecule has 0 fully saturated rings. The average molecular weight is 289 g/mol. The lowest BCUT2D eigenvalue weighted by molar-refractivity contribution is 0.0992. The zero-order chi connectivity index (χ0) is 14.8. The SMILES string of the molecule is CC(C)[C@@H](CO)NS(=O)(=O)c1cc(C(N)=O)n(C)c1. The number of hydrogen-bond donors (Lipinski definition) is 3. The van der Waals surface area contributed by atoms with Crippen molar-refractivity contribution in [2.24, 2.45) is 18.7 Å². The Morgan fingerprint density at radius 2 is 2.11 bits per heavy atom. The highest BCUT2D eigenvalue weighted by Crippen LogP contribution is 2.15. The lowest BCUT2D eigenvalue weighted by Crippen LogP contribution is -2.40. The third-order valence-corrected chi connectivity index (χ3v) is 4.31. The molecule has 0 unspecified atom stereocenters. The van der Waals surface area contributed by atoms with Gasteiger partial charge >= 0.3 is 0 Å². The highest BCUT2D eigenvalue weighted by Gasteiger charge is 2.24. The maximum Gasteiger partial charge on any atom is 0.265 e. The van der Waals surface area contributed by atoms with Crippen molar-refractivity contribution in [1.29, 1.82) is 0 Å². The molecule has 7 nitrogen and oxygen atoms in total. The van der Waals surface area contributed by atoms with E-state index in [0.29, 0.717) is 0 Å². The number of nitrogens with two attached hydrogens (primary N) is 1. The molecule has 0 saturated carbocycles. The number of sulfonamides is 1. The number of rotatable bonds is 6. The summed E-state index contributed by atoms with van der Waals surface area (Å²) in [4.78, 5) is 11.0. The summed E-state index contributed by atoms with van der Waals surface area (Å²) in [5.74, 6) is -0.759. The van der Waals surface area contributed by atoms with E-state index < -0.39 is 22.0 Å². The van der Waals surface area contributed by atoms with Crippen LogP contribution in [0, 0.1) is 5.92 Å². The Morgan fingerprint density at radius 3 is 2.47 bits per heavy atom. The number of carbonyl (C=O) groups is 1. The van der Waals surface area contributed by atoms with Crippen LogP contribution in [0.3, 0.4) is 0 Å². The number of aliphatic hydroxyl groups excluding tert-OH is 1. The van der Waals surface area contributed by atoms with E-state index in [1.165, 1.54) is 23.9 Å². The van der Waals surface area contributed by atoms with Crippen LogP contribution >= 0.6 is 0 Å². The Balaban J connectivity index is 3.07. The van der Waals surface area contributed by atoms with Crippen LogP contribution in [-0.2, 0) is 17.1 Å². The molecule has 0 radical (unpaired) electrons. The van der Waals surface area contributed by atoms with Crippen molar-refractivity contribution in [3.8, 4) is 0 Å². The number of primary amides is 1. The number of hydrogen-bond acceptors (Lipinski definition) is 4. The summed E-state index contributed by atoms with van der Waals surface area (Å²) >= 11 is 0. The first-order chi connectivity index (χ1) is 8.69. The Labute approximate surface area is 112 Å². The summed E-state index contributed by atoms with van der Waals surface area (Å²) in [5.41, 5.74) is 5.23. The molecular formula is C11H19N3O4S. The number of nitrogens with one attached hydrogen (secondary N) is 1. The van der Waals surface area contributed by atoms with Crippen molar-refractivity contribution in [3.63, 3.8) is 0 Å². The number of amides is 1. The number of aromatic nitrogens is 1. The minimum Gasteiger partial charge on any atom is -0.395 e. The van der Waals surface area contributed by atoms with Gasteiger partial charge in [0.25, 0.3) is 5.91 Å². The maximum absolute atomic E-state index is 12.1.